The van der Waals surface area contributed by atoms with Gasteiger partial charge in [-0.15, -0.1) is 11.8 Å². The van der Waals surface area contributed by atoms with Crippen LogP contribution in [0.15, 0.2) is 29.2 Å². The highest BCUT2D eigenvalue weighted by Crippen LogP contribution is 2.17. The fraction of sp³-hybridized carbons (Fsp3) is 0.417. The van der Waals surface area contributed by atoms with Crippen molar-refractivity contribution in [3.8, 4) is 0 Å². The molecule has 0 radical (unpaired) electrons. The average Bonchev–Trinajstić information content (AvgIpc) is 2.35. The van der Waals surface area contributed by atoms with Crippen molar-refractivity contribution in [3.05, 3.63) is 30.1 Å². The number of thioether (sulfide) groups is 1. The van der Waals surface area contributed by atoms with Gasteiger partial charge in [-0.3, -0.25) is 4.79 Å². The van der Waals surface area contributed by atoms with Gasteiger partial charge in [0.2, 0.25) is 5.91 Å². The van der Waals surface area contributed by atoms with Crippen molar-refractivity contribution in [2.24, 2.45) is 0 Å². The van der Waals surface area contributed by atoms with Gasteiger partial charge in [0.25, 0.3) is 0 Å². The molecular formula is C12H17FN2OS. The lowest BCUT2D eigenvalue weighted by molar-refractivity contribution is -0.118. The lowest BCUT2D eigenvalue weighted by atomic mass is 10.3. The van der Waals surface area contributed by atoms with E-state index in [0.717, 1.165) is 4.90 Å². The summed E-state index contributed by atoms with van der Waals surface area (Å²) >= 11 is 1.40. The van der Waals surface area contributed by atoms with Crippen LogP contribution >= 0.6 is 11.8 Å². The Labute approximate surface area is 105 Å². The summed E-state index contributed by atoms with van der Waals surface area (Å²) in [7, 11) is 1.85. The Morgan fingerprint density at radius 3 is 2.65 bits per heavy atom. The van der Waals surface area contributed by atoms with Crippen LogP contribution in [0.1, 0.15) is 6.92 Å². The maximum Gasteiger partial charge on any atom is 0.230 e. The zero-order chi connectivity index (χ0) is 12.7. The van der Waals surface area contributed by atoms with Crippen LogP contribution in [0.2, 0.25) is 0 Å². The summed E-state index contributed by atoms with van der Waals surface area (Å²) in [5.74, 6) is 0.0743. The van der Waals surface area contributed by atoms with E-state index in [1.807, 2.05) is 14.0 Å². The molecule has 3 nitrogen and oxygen atoms in total. The van der Waals surface area contributed by atoms with Gasteiger partial charge in [-0.1, -0.05) is 0 Å². The summed E-state index contributed by atoms with van der Waals surface area (Å²) in [6.07, 6.45) is 0. The summed E-state index contributed by atoms with van der Waals surface area (Å²) in [6, 6.07) is 6.38. The minimum atomic E-state index is -0.262. The van der Waals surface area contributed by atoms with E-state index in [-0.39, 0.29) is 17.8 Å². The molecule has 0 heterocycles. The molecule has 94 valence electrons. The molecule has 0 saturated carbocycles. The molecule has 0 saturated heterocycles. The smallest absolute Gasteiger partial charge is 0.230 e. The molecule has 1 atom stereocenters. The van der Waals surface area contributed by atoms with Gasteiger partial charge < -0.3 is 10.6 Å². The standard InChI is InChI=1S/C12H17FN2OS/c1-9(14-2)7-15-12(16)8-17-11-5-3-10(13)4-6-11/h3-6,9,14H,7-8H2,1-2H3,(H,15,16). The van der Waals surface area contributed by atoms with Gasteiger partial charge >= 0.3 is 0 Å². The number of halogens is 1. The summed E-state index contributed by atoms with van der Waals surface area (Å²) in [4.78, 5) is 12.4. The predicted molar refractivity (Wildman–Crippen MR) is 68.7 cm³/mol. The lowest BCUT2D eigenvalue weighted by Crippen LogP contribution is -2.37. The first kappa shape index (κ1) is 14.0. The fourth-order valence-electron chi connectivity index (χ4n) is 1.10. The van der Waals surface area contributed by atoms with E-state index in [4.69, 9.17) is 0 Å². The largest absolute Gasteiger partial charge is 0.354 e. The maximum absolute atomic E-state index is 12.6. The Bertz CT molecular complexity index is 356. The third kappa shape index (κ3) is 5.70. The molecule has 1 amide bonds. The van der Waals surface area contributed by atoms with Crippen LogP contribution in [0.3, 0.4) is 0 Å². The van der Waals surface area contributed by atoms with Gasteiger partial charge in [-0.25, -0.2) is 4.39 Å². The first-order valence-electron chi connectivity index (χ1n) is 5.44. The highest BCUT2D eigenvalue weighted by atomic mass is 32.2. The normalized spacial score (nSPS) is 12.2. The zero-order valence-corrected chi connectivity index (χ0v) is 10.8. The van der Waals surface area contributed by atoms with Gasteiger partial charge in [0, 0.05) is 17.5 Å². The molecule has 0 aliphatic heterocycles. The molecule has 0 fully saturated rings. The fourth-order valence-corrected chi connectivity index (χ4v) is 1.83. The number of carbonyl (C=O) groups is 1. The van der Waals surface area contributed by atoms with Crippen molar-refractivity contribution in [2.75, 3.05) is 19.3 Å². The van der Waals surface area contributed by atoms with Crippen molar-refractivity contribution in [1.29, 1.82) is 0 Å². The Balaban J connectivity index is 2.26. The second-order valence-electron chi connectivity index (χ2n) is 3.74. The average molecular weight is 256 g/mol. The third-order valence-corrected chi connectivity index (χ3v) is 3.29. The van der Waals surface area contributed by atoms with Crippen LogP contribution in [0.5, 0.6) is 0 Å². The quantitative estimate of drug-likeness (QED) is 0.760. The molecule has 0 spiro atoms. The molecule has 0 aliphatic carbocycles. The van der Waals surface area contributed by atoms with Gasteiger partial charge in [-0.05, 0) is 38.2 Å². The minimum absolute atomic E-state index is 0.0126. The maximum atomic E-state index is 12.6. The van der Waals surface area contributed by atoms with Crippen LogP contribution in [0, 0.1) is 5.82 Å². The van der Waals surface area contributed by atoms with Crippen LogP contribution in [-0.4, -0.2) is 31.3 Å². The van der Waals surface area contributed by atoms with E-state index in [1.165, 1.54) is 23.9 Å². The number of nitrogens with one attached hydrogen (secondary N) is 2. The van der Waals surface area contributed by atoms with E-state index in [1.54, 1.807) is 12.1 Å². The molecule has 1 rings (SSSR count). The number of carbonyl (C=O) groups excluding carboxylic acids is 1. The van der Waals surface area contributed by atoms with Crippen molar-refractivity contribution < 1.29 is 9.18 Å². The predicted octanol–water partition coefficient (Wildman–Crippen LogP) is 1.64. The van der Waals surface area contributed by atoms with Crippen LogP contribution < -0.4 is 10.6 Å². The molecule has 1 aromatic carbocycles. The second-order valence-corrected chi connectivity index (χ2v) is 4.79. The van der Waals surface area contributed by atoms with E-state index in [0.29, 0.717) is 12.3 Å². The van der Waals surface area contributed by atoms with E-state index < -0.39 is 0 Å². The molecule has 17 heavy (non-hydrogen) atoms. The zero-order valence-electron chi connectivity index (χ0n) is 10.00. The minimum Gasteiger partial charge on any atom is -0.354 e. The molecule has 0 aromatic heterocycles. The topological polar surface area (TPSA) is 41.1 Å². The number of hydrogen-bond donors (Lipinski definition) is 2. The molecular weight excluding hydrogens is 239 g/mol. The summed E-state index contributed by atoms with van der Waals surface area (Å²) < 4.78 is 12.6. The molecule has 0 bridgehead atoms. The van der Waals surface area contributed by atoms with Gasteiger partial charge in [-0.2, -0.15) is 0 Å². The van der Waals surface area contributed by atoms with Gasteiger partial charge in [0.05, 0.1) is 5.75 Å². The number of benzene rings is 1. The highest BCUT2D eigenvalue weighted by Gasteiger charge is 2.04. The first-order chi connectivity index (χ1) is 8.11. The van der Waals surface area contributed by atoms with Crippen molar-refractivity contribution >= 4 is 17.7 Å². The molecule has 5 heteroatoms. The monoisotopic (exact) mass is 256 g/mol. The number of rotatable bonds is 6. The summed E-state index contributed by atoms with van der Waals surface area (Å²) in [5.41, 5.74) is 0. The Morgan fingerprint density at radius 1 is 1.41 bits per heavy atom. The van der Waals surface area contributed by atoms with Crippen molar-refractivity contribution in [3.63, 3.8) is 0 Å². The SMILES string of the molecule is CNC(C)CNC(=O)CSc1ccc(F)cc1. The summed E-state index contributed by atoms with van der Waals surface area (Å²) in [6.45, 7) is 2.60. The molecule has 0 aliphatic rings. The molecule has 1 unspecified atom stereocenters. The molecule has 1 aromatic rings. The van der Waals surface area contributed by atoms with Gasteiger partial charge in [0.1, 0.15) is 5.82 Å². The second kappa shape index (κ2) is 7.29. The van der Waals surface area contributed by atoms with Gasteiger partial charge in [0.15, 0.2) is 0 Å². The Morgan fingerprint density at radius 2 is 2.06 bits per heavy atom. The summed E-state index contributed by atoms with van der Waals surface area (Å²) in [5, 5.41) is 5.86. The number of hydrogen-bond acceptors (Lipinski definition) is 3. The number of amides is 1. The van der Waals surface area contributed by atoms with Crippen LogP contribution in [0.25, 0.3) is 0 Å². The van der Waals surface area contributed by atoms with Crippen molar-refractivity contribution in [2.45, 2.75) is 17.9 Å². The molecule has 2 N–H and O–H groups in total. The number of likely N-dealkylation sites (N-methyl/N-ethyl adjacent to an activating group) is 1. The first-order valence-corrected chi connectivity index (χ1v) is 6.42. The van der Waals surface area contributed by atoms with E-state index in [2.05, 4.69) is 10.6 Å². The van der Waals surface area contributed by atoms with Crippen LogP contribution in [0.4, 0.5) is 4.39 Å². The van der Waals surface area contributed by atoms with Crippen molar-refractivity contribution in [1.82, 2.24) is 10.6 Å². The van der Waals surface area contributed by atoms with E-state index >= 15 is 0 Å². The van der Waals surface area contributed by atoms with E-state index in [9.17, 15) is 9.18 Å². The Hall–Kier alpha value is -1.07. The lowest BCUT2D eigenvalue weighted by Gasteiger charge is -2.11. The van der Waals surface area contributed by atoms with Crippen LogP contribution in [-0.2, 0) is 4.79 Å². The highest BCUT2D eigenvalue weighted by molar-refractivity contribution is 8.00. The Kier molecular flexibility index (Phi) is 6.00. The third-order valence-electron chi connectivity index (χ3n) is 2.28.